The van der Waals surface area contributed by atoms with Crippen molar-refractivity contribution in [1.82, 2.24) is 4.90 Å². The van der Waals surface area contributed by atoms with Crippen molar-refractivity contribution in [2.45, 2.75) is 6.42 Å². The molecule has 3 rings (SSSR count). The van der Waals surface area contributed by atoms with Crippen molar-refractivity contribution in [2.75, 3.05) is 47.5 Å². The van der Waals surface area contributed by atoms with E-state index < -0.39 is 0 Å². The van der Waals surface area contributed by atoms with Crippen molar-refractivity contribution in [2.24, 2.45) is 0 Å². The van der Waals surface area contributed by atoms with Crippen LogP contribution in [0.4, 0.5) is 5.69 Å². The molecule has 0 aliphatic carbocycles. The van der Waals surface area contributed by atoms with Gasteiger partial charge in [-0.3, -0.25) is 9.69 Å². The summed E-state index contributed by atoms with van der Waals surface area (Å²) in [6, 6.07) is 13.9. The molecular weight excluding hydrogens is 380 g/mol. The van der Waals surface area contributed by atoms with Crippen LogP contribution in [0.5, 0.6) is 17.2 Å². The number of nitrogens with zero attached hydrogens (tertiary/aromatic N) is 1. The van der Waals surface area contributed by atoms with Crippen LogP contribution in [-0.2, 0) is 11.2 Å². The van der Waals surface area contributed by atoms with Crippen molar-refractivity contribution in [3.8, 4) is 17.2 Å². The lowest BCUT2D eigenvalue weighted by Gasteiger charge is -2.32. The predicted octanol–water partition coefficient (Wildman–Crippen LogP) is -1.68. The van der Waals surface area contributed by atoms with Gasteiger partial charge in [0, 0.05) is 12.1 Å². The number of halogens is 1. The van der Waals surface area contributed by atoms with E-state index >= 15 is 0 Å². The summed E-state index contributed by atoms with van der Waals surface area (Å²) in [5, 5.41) is 0. The minimum atomic E-state index is 0. The summed E-state index contributed by atoms with van der Waals surface area (Å²) in [4.78, 5) is 15.8. The maximum Gasteiger partial charge on any atom is 0.227 e. The first-order chi connectivity index (χ1) is 13.2. The molecule has 1 saturated heterocycles. The number of carbonyl (C=O) groups is 1. The van der Waals surface area contributed by atoms with Gasteiger partial charge in [0.05, 0.1) is 53.9 Å². The van der Waals surface area contributed by atoms with Gasteiger partial charge in [-0.2, -0.15) is 0 Å². The van der Waals surface area contributed by atoms with Crippen molar-refractivity contribution in [1.29, 1.82) is 0 Å². The number of methoxy groups -OCH3 is 3. The second kappa shape index (κ2) is 10.2. The van der Waals surface area contributed by atoms with E-state index in [4.69, 9.17) is 14.2 Å². The van der Waals surface area contributed by atoms with E-state index in [2.05, 4.69) is 0 Å². The number of nitrogens with one attached hydrogen (secondary N) is 1. The normalized spacial score (nSPS) is 14.2. The molecule has 1 heterocycles. The Morgan fingerprint density at radius 3 is 2.04 bits per heavy atom. The lowest BCUT2D eigenvalue weighted by molar-refractivity contribution is -0.837. The molecule has 0 atom stereocenters. The largest absolute Gasteiger partial charge is 1.00 e. The van der Waals surface area contributed by atoms with E-state index in [0.717, 1.165) is 37.4 Å². The highest BCUT2D eigenvalue weighted by molar-refractivity contribution is 5.78. The second-order valence-corrected chi connectivity index (χ2v) is 6.56. The molecule has 1 amide bonds. The number of ether oxygens (including phenoxy) is 3. The summed E-state index contributed by atoms with van der Waals surface area (Å²) in [5.41, 5.74) is 2.14. The monoisotopic (exact) mass is 406 g/mol. The van der Waals surface area contributed by atoms with E-state index in [1.54, 1.807) is 21.3 Å². The molecule has 0 unspecified atom stereocenters. The summed E-state index contributed by atoms with van der Waals surface area (Å²) in [7, 11) is 4.84. The molecule has 1 aliphatic heterocycles. The van der Waals surface area contributed by atoms with E-state index in [9.17, 15) is 4.79 Å². The topological polar surface area (TPSA) is 52.4 Å². The van der Waals surface area contributed by atoms with Gasteiger partial charge in [0.2, 0.25) is 11.7 Å². The smallest absolute Gasteiger partial charge is 0.227 e. The van der Waals surface area contributed by atoms with Gasteiger partial charge >= 0.3 is 0 Å². The van der Waals surface area contributed by atoms with Gasteiger partial charge in [-0.05, 0) is 5.56 Å². The molecule has 1 aliphatic rings. The van der Waals surface area contributed by atoms with Crippen LogP contribution in [0.15, 0.2) is 42.5 Å². The van der Waals surface area contributed by atoms with Gasteiger partial charge in [0.25, 0.3) is 0 Å². The zero-order chi connectivity index (χ0) is 19.2. The molecule has 7 heteroatoms. The lowest BCUT2D eigenvalue weighted by Crippen LogP contribution is -3.10. The van der Waals surface area contributed by atoms with E-state index in [0.29, 0.717) is 23.7 Å². The molecule has 2 aromatic carbocycles. The third kappa shape index (κ3) is 4.88. The fourth-order valence-electron chi connectivity index (χ4n) is 3.48. The SMILES string of the molecule is COc1cc([NH+]2CCN(C(=O)Cc3ccccc3)CC2)cc(OC)c1OC.[Cl-]. The molecule has 0 aromatic heterocycles. The minimum absolute atomic E-state index is 0. The zero-order valence-electron chi connectivity index (χ0n) is 16.5. The lowest BCUT2D eigenvalue weighted by atomic mass is 10.1. The van der Waals surface area contributed by atoms with Gasteiger partial charge < -0.3 is 31.5 Å². The second-order valence-electron chi connectivity index (χ2n) is 6.56. The molecule has 0 bridgehead atoms. The molecular formula is C21H27ClN2O4. The Balaban J connectivity index is 0.00000280. The van der Waals surface area contributed by atoms with Crippen molar-refractivity contribution >= 4 is 11.6 Å². The highest BCUT2D eigenvalue weighted by atomic mass is 35.5. The number of carbonyl (C=O) groups excluding carboxylic acids is 1. The van der Waals surface area contributed by atoms with Crippen molar-refractivity contribution < 1.29 is 36.3 Å². The van der Waals surface area contributed by atoms with Gasteiger partial charge in [0.15, 0.2) is 11.5 Å². The van der Waals surface area contributed by atoms with Crippen LogP contribution in [0.1, 0.15) is 5.56 Å². The molecule has 0 spiro atoms. The fourth-order valence-corrected chi connectivity index (χ4v) is 3.48. The molecule has 2 aromatic rings. The third-order valence-electron chi connectivity index (χ3n) is 4.99. The van der Waals surface area contributed by atoms with E-state index in [1.165, 1.54) is 4.90 Å². The number of quaternary nitrogens is 1. The Bertz CT molecular complexity index is 752. The average molecular weight is 407 g/mol. The van der Waals surface area contributed by atoms with Crippen LogP contribution in [0.25, 0.3) is 0 Å². The highest BCUT2D eigenvalue weighted by Gasteiger charge is 2.27. The Morgan fingerprint density at radius 2 is 1.54 bits per heavy atom. The first-order valence-electron chi connectivity index (χ1n) is 9.13. The molecule has 28 heavy (non-hydrogen) atoms. The van der Waals surface area contributed by atoms with Gasteiger partial charge in [0.1, 0.15) is 5.69 Å². The first-order valence-corrected chi connectivity index (χ1v) is 9.13. The quantitative estimate of drug-likeness (QED) is 0.622. The third-order valence-corrected chi connectivity index (χ3v) is 4.99. The van der Waals surface area contributed by atoms with Crippen LogP contribution in [-0.4, -0.2) is 58.3 Å². The average Bonchev–Trinajstić information content (AvgIpc) is 2.73. The number of piperazine rings is 1. The first kappa shape index (κ1) is 21.9. The number of rotatable bonds is 6. The summed E-state index contributed by atoms with van der Waals surface area (Å²) >= 11 is 0. The molecule has 152 valence electrons. The Kier molecular flexibility index (Phi) is 7.96. The van der Waals surface area contributed by atoms with Crippen LogP contribution < -0.4 is 31.5 Å². The molecule has 6 nitrogen and oxygen atoms in total. The minimum Gasteiger partial charge on any atom is -1.00 e. The van der Waals surface area contributed by atoms with E-state index in [-0.39, 0.29) is 18.3 Å². The van der Waals surface area contributed by atoms with Gasteiger partial charge in [-0.1, -0.05) is 30.3 Å². The Labute approximate surface area is 172 Å². The molecule has 0 saturated carbocycles. The standard InChI is InChI=1S/C21H26N2O4.ClH/c1-25-18-14-17(15-19(26-2)21(18)27-3)22-9-11-23(12-10-22)20(24)13-16-7-5-4-6-8-16;/h4-8,14-15H,9-13H2,1-3H3;1H. The number of hydrogen-bond donors (Lipinski definition) is 1. The molecule has 1 N–H and O–H groups in total. The number of benzene rings is 2. The van der Waals surface area contributed by atoms with Crippen molar-refractivity contribution in [3.05, 3.63) is 48.0 Å². The van der Waals surface area contributed by atoms with E-state index in [1.807, 2.05) is 47.4 Å². The number of amides is 1. The molecule has 0 radical (unpaired) electrons. The van der Waals surface area contributed by atoms with Gasteiger partial charge in [-0.25, -0.2) is 0 Å². The van der Waals surface area contributed by atoms with Crippen LogP contribution in [0.3, 0.4) is 0 Å². The summed E-state index contributed by atoms with van der Waals surface area (Å²) in [6.07, 6.45) is 0.459. The van der Waals surface area contributed by atoms with Gasteiger partial charge in [-0.15, -0.1) is 0 Å². The predicted molar refractivity (Wildman–Crippen MR) is 103 cm³/mol. The van der Waals surface area contributed by atoms with Crippen LogP contribution >= 0.6 is 0 Å². The maximum atomic E-state index is 12.6. The van der Waals surface area contributed by atoms with Crippen LogP contribution in [0.2, 0.25) is 0 Å². The summed E-state index contributed by atoms with van der Waals surface area (Å²) in [5.74, 6) is 2.09. The van der Waals surface area contributed by atoms with Crippen LogP contribution in [0, 0.1) is 0 Å². The summed E-state index contributed by atoms with van der Waals surface area (Å²) in [6.45, 7) is 3.16. The molecule has 1 fully saturated rings. The maximum absolute atomic E-state index is 12.6. The highest BCUT2D eigenvalue weighted by Crippen LogP contribution is 2.38. The Hall–Kier alpha value is -2.44. The zero-order valence-corrected chi connectivity index (χ0v) is 17.3. The fraction of sp³-hybridized carbons (Fsp3) is 0.381. The van der Waals surface area contributed by atoms with Crippen molar-refractivity contribution in [3.63, 3.8) is 0 Å². The Morgan fingerprint density at radius 1 is 0.964 bits per heavy atom. The summed E-state index contributed by atoms with van der Waals surface area (Å²) < 4.78 is 16.3. The number of hydrogen-bond acceptors (Lipinski definition) is 4.